The summed E-state index contributed by atoms with van der Waals surface area (Å²) in [5.41, 5.74) is 0.672. The molecule has 3 aliphatic heterocycles. The molecule has 2 nitrogen and oxygen atoms in total. The van der Waals surface area contributed by atoms with E-state index in [1.54, 1.807) is 6.92 Å². The maximum absolute atomic E-state index is 10.8. The number of piperidine rings is 3. The Bertz CT molecular complexity index is 215. The summed E-state index contributed by atoms with van der Waals surface area (Å²) in [6, 6.07) is 0. The Morgan fingerprint density at radius 3 is 2.27 bits per heavy atom. The Balaban J connectivity index is 1.71. The van der Waals surface area contributed by atoms with Gasteiger partial charge in [0.2, 0.25) is 0 Å². The number of carbonyl (C=O) groups is 1. The lowest BCUT2D eigenvalue weighted by Crippen LogP contribution is -2.48. The maximum Gasteiger partial charge on any atom is 0.129 e. The summed E-state index contributed by atoms with van der Waals surface area (Å²) in [6.07, 6.45) is 8.77. The molecule has 3 rings (SSSR count). The lowest BCUT2D eigenvalue weighted by molar-refractivity contribution is -0.117. The molecule has 3 aliphatic rings. The lowest BCUT2D eigenvalue weighted by Gasteiger charge is -2.48. The van der Waals surface area contributed by atoms with E-state index in [1.165, 1.54) is 51.7 Å². The molecule has 0 spiro atoms. The van der Waals surface area contributed by atoms with Crippen molar-refractivity contribution >= 4 is 5.78 Å². The molecule has 0 aromatic carbocycles. The van der Waals surface area contributed by atoms with Crippen molar-refractivity contribution in [1.82, 2.24) is 4.90 Å². The Morgan fingerprint density at radius 1 is 1.13 bits per heavy atom. The molecule has 3 heterocycles. The quantitative estimate of drug-likeness (QED) is 0.649. The van der Waals surface area contributed by atoms with E-state index < -0.39 is 0 Å². The molecular formula is C13H23NO. The monoisotopic (exact) mass is 209 g/mol. The number of Topliss-reactive ketones (excluding diaryl/α,β-unsaturated/α-hetero) is 1. The summed E-state index contributed by atoms with van der Waals surface area (Å²) >= 11 is 0. The molecule has 0 radical (unpaired) electrons. The summed E-state index contributed by atoms with van der Waals surface area (Å²) in [5.74, 6) is 0.353. The largest absolute Gasteiger partial charge is 0.303 e. The molecule has 0 unspecified atom stereocenters. The fraction of sp³-hybridized carbons (Fsp3) is 0.923. The van der Waals surface area contributed by atoms with E-state index >= 15 is 0 Å². The van der Waals surface area contributed by atoms with Gasteiger partial charge in [0.05, 0.1) is 0 Å². The van der Waals surface area contributed by atoms with Crippen molar-refractivity contribution in [3.63, 3.8) is 0 Å². The van der Waals surface area contributed by atoms with Crippen molar-refractivity contribution in [3.8, 4) is 0 Å². The van der Waals surface area contributed by atoms with Gasteiger partial charge in [-0.3, -0.25) is 0 Å². The maximum atomic E-state index is 10.8. The van der Waals surface area contributed by atoms with Gasteiger partial charge in [-0.2, -0.15) is 0 Å². The average Bonchev–Trinajstić information content (AvgIpc) is 2.27. The van der Waals surface area contributed by atoms with Crippen LogP contribution < -0.4 is 0 Å². The molecule has 0 aromatic heterocycles. The number of nitrogens with zero attached hydrogens (tertiary/aromatic N) is 1. The molecule has 0 N–H and O–H groups in total. The molecule has 0 aliphatic carbocycles. The van der Waals surface area contributed by atoms with Gasteiger partial charge >= 0.3 is 0 Å². The van der Waals surface area contributed by atoms with Gasteiger partial charge < -0.3 is 9.69 Å². The summed E-state index contributed by atoms with van der Waals surface area (Å²) in [7, 11) is 0. The lowest BCUT2D eigenvalue weighted by atomic mass is 9.69. The molecule has 86 valence electrons. The SMILES string of the molecule is CC(=O)CCCCC12CCN(CC1)CC2. The smallest absolute Gasteiger partial charge is 0.129 e. The predicted molar refractivity (Wildman–Crippen MR) is 61.9 cm³/mol. The topological polar surface area (TPSA) is 20.3 Å². The van der Waals surface area contributed by atoms with Crippen LogP contribution in [0, 0.1) is 5.41 Å². The first kappa shape index (κ1) is 11.1. The van der Waals surface area contributed by atoms with E-state index in [2.05, 4.69) is 4.90 Å². The van der Waals surface area contributed by atoms with E-state index in [4.69, 9.17) is 0 Å². The van der Waals surface area contributed by atoms with Crippen LogP contribution in [0.25, 0.3) is 0 Å². The highest BCUT2D eigenvalue weighted by molar-refractivity contribution is 5.75. The molecule has 0 amide bonds. The van der Waals surface area contributed by atoms with Gasteiger partial charge in [-0.25, -0.2) is 0 Å². The van der Waals surface area contributed by atoms with Crippen molar-refractivity contribution in [3.05, 3.63) is 0 Å². The molecule has 15 heavy (non-hydrogen) atoms. The summed E-state index contributed by atoms with van der Waals surface area (Å²) < 4.78 is 0. The number of carbonyl (C=O) groups excluding carboxylic acids is 1. The second-order valence-corrected chi connectivity index (χ2v) is 5.50. The number of ketones is 1. The second-order valence-electron chi connectivity index (χ2n) is 5.50. The van der Waals surface area contributed by atoms with Crippen LogP contribution in [0.15, 0.2) is 0 Å². The van der Waals surface area contributed by atoms with Crippen molar-refractivity contribution in [2.45, 2.75) is 51.9 Å². The minimum Gasteiger partial charge on any atom is -0.303 e. The minimum atomic E-state index is 0.353. The van der Waals surface area contributed by atoms with E-state index in [1.807, 2.05) is 0 Å². The third-order valence-corrected chi connectivity index (χ3v) is 4.36. The highest BCUT2D eigenvalue weighted by Crippen LogP contribution is 2.43. The highest BCUT2D eigenvalue weighted by atomic mass is 16.1. The van der Waals surface area contributed by atoms with Crippen LogP contribution in [0.4, 0.5) is 0 Å². The van der Waals surface area contributed by atoms with E-state index in [-0.39, 0.29) is 0 Å². The summed E-state index contributed by atoms with van der Waals surface area (Å²) in [5, 5.41) is 0. The van der Waals surface area contributed by atoms with E-state index in [0.29, 0.717) is 11.2 Å². The van der Waals surface area contributed by atoms with Crippen LogP contribution in [-0.2, 0) is 4.79 Å². The van der Waals surface area contributed by atoms with Gasteiger partial charge in [-0.05, 0) is 64.1 Å². The van der Waals surface area contributed by atoms with E-state index in [9.17, 15) is 4.79 Å². The summed E-state index contributed by atoms with van der Waals surface area (Å²) in [6.45, 7) is 5.68. The normalized spacial score (nSPS) is 34.3. The predicted octanol–water partition coefficient (Wildman–Crippen LogP) is 2.62. The zero-order valence-corrected chi connectivity index (χ0v) is 9.93. The number of hydrogen-bond acceptors (Lipinski definition) is 2. The van der Waals surface area contributed by atoms with Crippen molar-refractivity contribution < 1.29 is 4.79 Å². The first-order valence-corrected chi connectivity index (χ1v) is 6.42. The van der Waals surface area contributed by atoms with Gasteiger partial charge in [-0.15, -0.1) is 0 Å². The van der Waals surface area contributed by atoms with Crippen LogP contribution in [-0.4, -0.2) is 30.3 Å². The van der Waals surface area contributed by atoms with Gasteiger partial charge in [0, 0.05) is 6.42 Å². The third kappa shape index (κ3) is 2.81. The second kappa shape index (κ2) is 4.65. The van der Waals surface area contributed by atoms with Crippen LogP contribution >= 0.6 is 0 Å². The van der Waals surface area contributed by atoms with Crippen LogP contribution in [0.1, 0.15) is 51.9 Å². The number of rotatable bonds is 5. The van der Waals surface area contributed by atoms with Crippen molar-refractivity contribution in [2.75, 3.05) is 19.6 Å². The summed E-state index contributed by atoms with van der Waals surface area (Å²) in [4.78, 5) is 13.4. The molecular weight excluding hydrogens is 186 g/mol. The molecule has 0 atom stereocenters. The molecule has 3 fully saturated rings. The molecule has 0 saturated carbocycles. The van der Waals surface area contributed by atoms with Crippen LogP contribution in [0.5, 0.6) is 0 Å². The Hall–Kier alpha value is -0.370. The molecule has 3 saturated heterocycles. The molecule has 2 bridgehead atoms. The fourth-order valence-corrected chi connectivity index (χ4v) is 3.15. The minimum absolute atomic E-state index is 0.353. The Morgan fingerprint density at radius 2 is 1.73 bits per heavy atom. The molecule has 2 heteroatoms. The van der Waals surface area contributed by atoms with Gasteiger partial charge in [0.15, 0.2) is 0 Å². The first-order valence-electron chi connectivity index (χ1n) is 6.42. The zero-order chi connectivity index (χ0) is 10.7. The van der Waals surface area contributed by atoms with Gasteiger partial charge in [0.1, 0.15) is 5.78 Å². The highest BCUT2D eigenvalue weighted by Gasteiger charge is 2.38. The zero-order valence-electron chi connectivity index (χ0n) is 9.93. The van der Waals surface area contributed by atoms with Gasteiger partial charge in [0.25, 0.3) is 0 Å². The van der Waals surface area contributed by atoms with Crippen LogP contribution in [0.3, 0.4) is 0 Å². The van der Waals surface area contributed by atoms with Gasteiger partial charge in [-0.1, -0.05) is 6.42 Å². The van der Waals surface area contributed by atoms with Crippen molar-refractivity contribution in [1.29, 1.82) is 0 Å². The molecule has 0 aromatic rings. The number of fused-ring (bicyclic) bond motifs is 3. The Labute approximate surface area is 93.0 Å². The van der Waals surface area contributed by atoms with Crippen molar-refractivity contribution in [2.24, 2.45) is 5.41 Å². The fourth-order valence-electron chi connectivity index (χ4n) is 3.15. The number of unbranched alkanes of at least 4 members (excludes halogenated alkanes) is 1. The Kier molecular flexibility index (Phi) is 3.45. The van der Waals surface area contributed by atoms with Crippen LogP contribution in [0.2, 0.25) is 0 Å². The van der Waals surface area contributed by atoms with E-state index in [0.717, 1.165) is 12.8 Å². The number of hydrogen-bond donors (Lipinski definition) is 0. The average molecular weight is 209 g/mol. The third-order valence-electron chi connectivity index (χ3n) is 4.36. The standard InChI is InChI=1S/C13H23NO/c1-12(15)4-2-3-5-13-6-9-14(10-7-13)11-8-13/h2-11H2,1H3. The first-order chi connectivity index (χ1) is 7.20.